The Bertz CT molecular complexity index is 1310. The molecule has 1 heterocycles. The molecule has 0 aliphatic heterocycles. The third-order valence-corrected chi connectivity index (χ3v) is 6.22. The van der Waals surface area contributed by atoms with Crippen LogP contribution in [0.4, 0.5) is 22.0 Å². The maximum atomic E-state index is 14.4. The third kappa shape index (κ3) is 3.77. The number of pyridine rings is 1. The number of aromatic nitrogens is 1. The van der Waals surface area contributed by atoms with Gasteiger partial charge in [-0.1, -0.05) is 39.0 Å². The molecule has 0 bridgehead atoms. The van der Waals surface area contributed by atoms with Crippen molar-refractivity contribution in [3.05, 3.63) is 75.7 Å². The number of allylic oxidation sites excluding steroid dienone is 1. The van der Waals surface area contributed by atoms with Crippen LogP contribution in [0, 0.1) is 40.4 Å². The number of aromatic carboxylic acids is 1. The van der Waals surface area contributed by atoms with Crippen molar-refractivity contribution in [1.82, 2.24) is 4.98 Å². The van der Waals surface area contributed by atoms with Crippen molar-refractivity contribution in [3.8, 4) is 0 Å². The second-order valence-corrected chi connectivity index (χ2v) is 9.26. The van der Waals surface area contributed by atoms with Gasteiger partial charge in [-0.25, -0.2) is 31.7 Å². The van der Waals surface area contributed by atoms with Gasteiger partial charge in [0.2, 0.25) is 5.82 Å². The fraction of sp³-hybridized carbons (Fsp3) is 0.280. The Kier molecular flexibility index (Phi) is 5.50. The van der Waals surface area contributed by atoms with Crippen LogP contribution < -0.4 is 0 Å². The molecule has 1 atom stereocenters. The topological polar surface area (TPSA) is 50.2 Å². The normalized spacial score (nSPS) is 17.5. The standard InChI is InChI=1S/C25H20F5NO2/c1-25(2,3)12-8-11(9-15-18(26)20(28)22(30)21(29)19(15)27)23-14(10-12)17(24(32)33)13-6-4-5-7-16(13)31-23/h4-7,9,12H,8,10H2,1-3H3,(H,32,33)/b11-9+. The highest BCUT2D eigenvalue weighted by molar-refractivity contribution is 6.06. The van der Waals surface area contributed by atoms with E-state index in [0.29, 0.717) is 22.9 Å². The van der Waals surface area contributed by atoms with Gasteiger partial charge in [0.25, 0.3) is 0 Å². The minimum atomic E-state index is -2.24. The fourth-order valence-corrected chi connectivity index (χ4v) is 4.30. The van der Waals surface area contributed by atoms with E-state index in [1.54, 1.807) is 24.3 Å². The van der Waals surface area contributed by atoms with E-state index in [0.717, 1.165) is 6.08 Å². The van der Waals surface area contributed by atoms with E-state index >= 15 is 0 Å². The lowest BCUT2D eigenvalue weighted by molar-refractivity contribution is 0.0696. The zero-order valence-electron chi connectivity index (χ0n) is 18.1. The minimum Gasteiger partial charge on any atom is -0.478 e. The number of carbonyl (C=O) groups is 1. The molecule has 0 saturated carbocycles. The number of benzene rings is 2. The summed E-state index contributed by atoms with van der Waals surface area (Å²) in [4.78, 5) is 16.8. The van der Waals surface area contributed by atoms with Crippen LogP contribution in [0.3, 0.4) is 0 Å². The van der Waals surface area contributed by atoms with Crippen molar-refractivity contribution in [2.24, 2.45) is 11.3 Å². The molecule has 1 N–H and O–H groups in total. The van der Waals surface area contributed by atoms with E-state index < -0.39 is 40.6 Å². The number of rotatable bonds is 2. The molecular formula is C25H20F5NO2. The summed E-state index contributed by atoms with van der Waals surface area (Å²) >= 11 is 0. The SMILES string of the molecule is CC(C)(C)C1C/C(=C\c2c(F)c(F)c(F)c(F)c2F)c2nc3ccccc3c(C(=O)O)c2C1. The summed E-state index contributed by atoms with van der Waals surface area (Å²) in [7, 11) is 0. The second-order valence-electron chi connectivity index (χ2n) is 9.26. The van der Waals surface area contributed by atoms with Gasteiger partial charge in [-0.15, -0.1) is 0 Å². The van der Waals surface area contributed by atoms with E-state index in [2.05, 4.69) is 4.98 Å². The average Bonchev–Trinajstić information content (AvgIpc) is 2.76. The van der Waals surface area contributed by atoms with Gasteiger partial charge >= 0.3 is 5.97 Å². The maximum absolute atomic E-state index is 14.4. The molecule has 33 heavy (non-hydrogen) atoms. The molecule has 0 spiro atoms. The summed E-state index contributed by atoms with van der Waals surface area (Å²) in [6, 6.07) is 6.58. The molecule has 1 aromatic heterocycles. The number of nitrogens with zero attached hydrogens (tertiary/aromatic N) is 1. The first-order chi connectivity index (χ1) is 15.4. The van der Waals surface area contributed by atoms with E-state index in [1.165, 1.54) is 0 Å². The fourth-order valence-electron chi connectivity index (χ4n) is 4.30. The van der Waals surface area contributed by atoms with Crippen LogP contribution in [0.15, 0.2) is 24.3 Å². The number of carboxylic acid groups (broad SMARTS) is 1. The van der Waals surface area contributed by atoms with Crippen LogP contribution in [0.25, 0.3) is 22.6 Å². The maximum Gasteiger partial charge on any atom is 0.336 e. The van der Waals surface area contributed by atoms with Crippen molar-refractivity contribution in [3.63, 3.8) is 0 Å². The zero-order chi connectivity index (χ0) is 24.2. The van der Waals surface area contributed by atoms with Crippen LogP contribution in [0.2, 0.25) is 0 Å². The molecule has 172 valence electrons. The number of hydrogen-bond donors (Lipinski definition) is 1. The smallest absolute Gasteiger partial charge is 0.336 e. The molecule has 4 rings (SSSR count). The van der Waals surface area contributed by atoms with Gasteiger partial charge in [0.15, 0.2) is 23.3 Å². The molecule has 3 nitrogen and oxygen atoms in total. The predicted octanol–water partition coefficient (Wildman–Crippen LogP) is 6.78. The predicted molar refractivity (Wildman–Crippen MR) is 114 cm³/mol. The number of halogens is 5. The van der Waals surface area contributed by atoms with Crippen molar-refractivity contribution in [1.29, 1.82) is 0 Å². The van der Waals surface area contributed by atoms with Crippen LogP contribution >= 0.6 is 0 Å². The molecule has 3 aromatic rings. The molecule has 2 aromatic carbocycles. The average molecular weight is 461 g/mol. The third-order valence-electron chi connectivity index (χ3n) is 6.22. The Morgan fingerprint density at radius 3 is 2.12 bits per heavy atom. The number of carboxylic acids is 1. The molecule has 0 radical (unpaired) electrons. The summed E-state index contributed by atoms with van der Waals surface area (Å²) in [6.07, 6.45) is 1.47. The lowest BCUT2D eigenvalue weighted by Crippen LogP contribution is -2.28. The lowest BCUT2D eigenvalue weighted by Gasteiger charge is -2.36. The van der Waals surface area contributed by atoms with Crippen molar-refractivity contribution >= 4 is 28.5 Å². The monoisotopic (exact) mass is 461 g/mol. The highest BCUT2D eigenvalue weighted by Gasteiger charge is 2.36. The summed E-state index contributed by atoms with van der Waals surface area (Å²) < 4.78 is 70.0. The molecular weight excluding hydrogens is 441 g/mol. The molecule has 0 amide bonds. The molecule has 0 fully saturated rings. The van der Waals surface area contributed by atoms with Gasteiger partial charge < -0.3 is 5.11 Å². The van der Waals surface area contributed by atoms with Crippen LogP contribution in [0.5, 0.6) is 0 Å². The Morgan fingerprint density at radius 2 is 1.55 bits per heavy atom. The first kappa shape index (κ1) is 22.9. The first-order valence-corrected chi connectivity index (χ1v) is 10.3. The Hall–Kier alpha value is -3.29. The van der Waals surface area contributed by atoms with Crippen molar-refractivity contribution in [2.75, 3.05) is 0 Å². The van der Waals surface area contributed by atoms with E-state index in [9.17, 15) is 31.9 Å². The quantitative estimate of drug-likeness (QED) is 0.260. The second kappa shape index (κ2) is 7.93. The van der Waals surface area contributed by atoms with Gasteiger partial charge in [-0.2, -0.15) is 0 Å². The molecule has 1 aliphatic rings. The largest absolute Gasteiger partial charge is 0.478 e. The summed E-state index contributed by atoms with van der Waals surface area (Å²) in [6.45, 7) is 5.81. The van der Waals surface area contributed by atoms with Crippen molar-refractivity contribution < 1.29 is 31.9 Å². The molecule has 1 aliphatic carbocycles. The number of para-hydroxylation sites is 1. The van der Waals surface area contributed by atoms with Crippen LogP contribution in [-0.4, -0.2) is 16.1 Å². The van der Waals surface area contributed by atoms with E-state index in [-0.39, 0.29) is 34.6 Å². The number of hydrogen-bond acceptors (Lipinski definition) is 2. The highest BCUT2D eigenvalue weighted by Crippen LogP contribution is 2.45. The molecule has 0 saturated heterocycles. The number of fused-ring (bicyclic) bond motifs is 2. The Balaban J connectivity index is 2.07. The Labute approximate surface area is 186 Å². The zero-order valence-corrected chi connectivity index (χ0v) is 18.1. The van der Waals surface area contributed by atoms with Gasteiger partial charge in [-0.3, -0.25) is 0 Å². The van der Waals surface area contributed by atoms with Crippen molar-refractivity contribution in [2.45, 2.75) is 33.6 Å². The minimum absolute atomic E-state index is 0.0212. The van der Waals surface area contributed by atoms with Gasteiger partial charge in [0.1, 0.15) is 0 Å². The lowest BCUT2D eigenvalue weighted by atomic mass is 9.69. The van der Waals surface area contributed by atoms with Gasteiger partial charge in [0, 0.05) is 5.39 Å². The summed E-state index contributed by atoms with van der Waals surface area (Å²) in [5, 5.41) is 10.4. The van der Waals surface area contributed by atoms with Gasteiger partial charge in [-0.05, 0) is 47.5 Å². The Morgan fingerprint density at radius 1 is 0.970 bits per heavy atom. The summed E-state index contributed by atoms with van der Waals surface area (Å²) in [5.41, 5.74) is -0.257. The molecule has 8 heteroatoms. The van der Waals surface area contributed by atoms with Crippen LogP contribution in [0.1, 0.15) is 54.4 Å². The van der Waals surface area contributed by atoms with Gasteiger partial charge in [0.05, 0.1) is 22.3 Å². The highest BCUT2D eigenvalue weighted by atomic mass is 19.2. The van der Waals surface area contributed by atoms with Crippen LogP contribution in [-0.2, 0) is 6.42 Å². The molecule has 1 unspecified atom stereocenters. The van der Waals surface area contributed by atoms with E-state index in [1.807, 2.05) is 20.8 Å². The van der Waals surface area contributed by atoms with E-state index in [4.69, 9.17) is 0 Å². The first-order valence-electron chi connectivity index (χ1n) is 10.3. The summed E-state index contributed by atoms with van der Waals surface area (Å²) in [5.74, 6) is -11.6.